The largest absolute Gasteiger partial charge is 0.350 e. The maximum Gasteiger partial charge on any atom is 0.242 e. The molecular formula is C25H34N2O2. The Labute approximate surface area is 175 Å². The summed E-state index contributed by atoms with van der Waals surface area (Å²) in [6, 6.07) is 15.8. The molecule has 0 bridgehead atoms. The number of amides is 2. The lowest BCUT2D eigenvalue weighted by Crippen LogP contribution is -2.52. The molecule has 0 aliphatic rings. The molecule has 0 aliphatic carbocycles. The molecule has 0 saturated carbocycles. The molecule has 2 aromatic rings. The molecule has 0 fully saturated rings. The monoisotopic (exact) mass is 394 g/mol. The van der Waals surface area contributed by atoms with Crippen LogP contribution in [0.15, 0.2) is 48.5 Å². The summed E-state index contributed by atoms with van der Waals surface area (Å²) in [5, 5.41) is 3.00. The third-order valence-electron chi connectivity index (χ3n) is 4.85. The van der Waals surface area contributed by atoms with Crippen LogP contribution in [-0.4, -0.2) is 28.3 Å². The van der Waals surface area contributed by atoms with E-state index in [1.54, 1.807) is 11.8 Å². The predicted octanol–water partition coefficient (Wildman–Crippen LogP) is 4.57. The molecule has 0 unspecified atom stereocenters. The molecule has 0 aliphatic heterocycles. The summed E-state index contributed by atoms with van der Waals surface area (Å²) < 4.78 is 0. The van der Waals surface area contributed by atoms with Crippen molar-refractivity contribution < 1.29 is 9.59 Å². The molecule has 156 valence electrons. The molecule has 0 aromatic heterocycles. The number of hydrogen-bond donors (Lipinski definition) is 1. The van der Waals surface area contributed by atoms with E-state index >= 15 is 0 Å². The molecular weight excluding hydrogens is 360 g/mol. The second-order valence-corrected chi connectivity index (χ2v) is 8.91. The van der Waals surface area contributed by atoms with Crippen molar-refractivity contribution >= 4 is 11.8 Å². The summed E-state index contributed by atoms with van der Waals surface area (Å²) in [7, 11) is 0. The van der Waals surface area contributed by atoms with Crippen molar-refractivity contribution in [3.8, 4) is 0 Å². The fraction of sp³-hybridized carbons (Fsp3) is 0.440. The molecule has 2 rings (SSSR count). The fourth-order valence-corrected chi connectivity index (χ4v) is 3.21. The molecule has 0 radical (unpaired) electrons. The fourth-order valence-electron chi connectivity index (χ4n) is 3.21. The highest BCUT2D eigenvalue weighted by Crippen LogP contribution is 2.15. The highest BCUT2D eigenvalue weighted by atomic mass is 16.2. The number of carbonyl (C=O) groups excluding carboxylic acids is 2. The number of carbonyl (C=O) groups is 2. The third kappa shape index (κ3) is 7.37. The Balaban J connectivity index is 2.16. The van der Waals surface area contributed by atoms with Gasteiger partial charge in [0.15, 0.2) is 0 Å². The summed E-state index contributed by atoms with van der Waals surface area (Å²) in [6.45, 7) is 12.1. The number of benzene rings is 2. The van der Waals surface area contributed by atoms with Crippen molar-refractivity contribution in [2.45, 2.75) is 72.5 Å². The van der Waals surface area contributed by atoms with Crippen LogP contribution in [-0.2, 0) is 22.6 Å². The minimum absolute atomic E-state index is 0.0105. The zero-order valence-electron chi connectivity index (χ0n) is 18.6. The van der Waals surface area contributed by atoms with Gasteiger partial charge in [0.05, 0.1) is 0 Å². The van der Waals surface area contributed by atoms with E-state index in [-0.39, 0.29) is 17.4 Å². The van der Waals surface area contributed by atoms with E-state index in [0.717, 1.165) is 16.7 Å². The van der Waals surface area contributed by atoms with Crippen molar-refractivity contribution in [3.63, 3.8) is 0 Å². The first-order chi connectivity index (χ1) is 13.5. The lowest BCUT2D eigenvalue weighted by molar-refractivity contribution is -0.141. The first-order valence-corrected chi connectivity index (χ1v) is 10.3. The minimum atomic E-state index is -0.541. The molecule has 0 saturated heterocycles. The normalized spacial score (nSPS) is 12.3. The van der Waals surface area contributed by atoms with Crippen LogP contribution in [0.25, 0.3) is 0 Å². The van der Waals surface area contributed by atoms with Gasteiger partial charge in [-0.1, -0.05) is 59.7 Å². The van der Waals surface area contributed by atoms with Crippen molar-refractivity contribution in [2.75, 3.05) is 0 Å². The molecule has 2 amide bonds. The van der Waals surface area contributed by atoms with E-state index < -0.39 is 6.04 Å². The molecule has 1 atom stereocenters. The van der Waals surface area contributed by atoms with E-state index in [9.17, 15) is 9.59 Å². The topological polar surface area (TPSA) is 49.4 Å². The number of rotatable bonds is 7. The van der Waals surface area contributed by atoms with Gasteiger partial charge in [-0.3, -0.25) is 9.59 Å². The van der Waals surface area contributed by atoms with Crippen molar-refractivity contribution in [1.29, 1.82) is 0 Å². The Morgan fingerprint density at radius 2 is 1.62 bits per heavy atom. The zero-order chi connectivity index (χ0) is 21.6. The predicted molar refractivity (Wildman–Crippen MR) is 119 cm³/mol. The van der Waals surface area contributed by atoms with Crippen LogP contribution in [0.5, 0.6) is 0 Å². The Bertz CT molecular complexity index is 835. The van der Waals surface area contributed by atoms with Crippen molar-refractivity contribution in [3.05, 3.63) is 70.8 Å². The Morgan fingerprint density at radius 1 is 0.966 bits per heavy atom. The lowest BCUT2D eigenvalue weighted by atomic mass is 10.0. The molecule has 0 spiro atoms. The van der Waals surface area contributed by atoms with Crippen LogP contribution in [0, 0.1) is 13.8 Å². The van der Waals surface area contributed by atoms with Gasteiger partial charge in [-0.25, -0.2) is 0 Å². The van der Waals surface area contributed by atoms with E-state index in [1.807, 2.05) is 52.8 Å². The molecule has 2 aromatic carbocycles. The Kier molecular flexibility index (Phi) is 7.60. The maximum absolute atomic E-state index is 13.1. The maximum atomic E-state index is 13.1. The van der Waals surface area contributed by atoms with Crippen LogP contribution in [0.1, 0.15) is 56.4 Å². The third-order valence-corrected chi connectivity index (χ3v) is 4.85. The van der Waals surface area contributed by atoms with Crippen LogP contribution in [0.3, 0.4) is 0 Å². The molecule has 1 N–H and O–H groups in total. The average molecular weight is 395 g/mol. The Hall–Kier alpha value is -2.62. The van der Waals surface area contributed by atoms with Gasteiger partial charge < -0.3 is 10.2 Å². The summed E-state index contributed by atoms with van der Waals surface area (Å²) >= 11 is 0. The standard InChI is InChI=1S/C25H34N2O2/c1-18-10-12-21(13-11-18)14-15-23(28)27(17-22-9-7-8-19(2)16-22)20(3)24(29)26-25(4,5)6/h7-13,16,20H,14-15,17H2,1-6H3,(H,26,29)/t20-/m0/s1. The number of nitrogens with one attached hydrogen (secondary N) is 1. The van der Waals surface area contributed by atoms with E-state index in [0.29, 0.717) is 19.4 Å². The van der Waals surface area contributed by atoms with Crippen LogP contribution in [0.4, 0.5) is 0 Å². The van der Waals surface area contributed by atoms with E-state index in [2.05, 4.69) is 35.6 Å². The van der Waals surface area contributed by atoms with Crippen molar-refractivity contribution in [1.82, 2.24) is 10.2 Å². The summed E-state index contributed by atoms with van der Waals surface area (Å²) in [4.78, 5) is 27.6. The van der Waals surface area contributed by atoms with Crippen LogP contribution >= 0.6 is 0 Å². The number of aryl methyl sites for hydroxylation is 3. The van der Waals surface area contributed by atoms with Crippen LogP contribution < -0.4 is 5.32 Å². The van der Waals surface area contributed by atoms with Gasteiger partial charge in [0, 0.05) is 18.5 Å². The minimum Gasteiger partial charge on any atom is -0.350 e. The van der Waals surface area contributed by atoms with Gasteiger partial charge in [-0.15, -0.1) is 0 Å². The highest BCUT2D eigenvalue weighted by molar-refractivity contribution is 5.87. The van der Waals surface area contributed by atoms with E-state index in [4.69, 9.17) is 0 Å². The summed E-state index contributed by atoms with van der Waals surface area (Å²) in [6.07, 6.45) is 1.04. The Morgan fingerprint density at radius 3 is 2.21 bits per heavy atom. The lowest BCUT2D eigenvalue weighted by Gasteiger charge is -2.31. The molecule has 4 nitrogen and oxygen atoms in total. The van der Waals surface area contributed by atoms with Crippen molar-refractivity contribution in [2.24, 2.45) is 0 Å². The number of hydrogen-bond acceptors (Lipinski definition) is 2. The second kappa shape index (κ2) is 9.73. The molecule has 29 heavy (non-hydrogen) atoms. The zero-order valence-corrected chi connectivity index (χ0v) is 18.6. The van der Waals surface area contributed by atoms with Gasteiger partial charge in [0.1, 0.15) is 6.04 Å². The quantitative estimate of drug-likeness (QED) is 0.748. The highest BCUT2D eigenvalue weighted by Gasteiger charge is 2.28. The van der Waals surface area contributed by atoms with Gasteiger partial charge in [0.25, 0.3) is 0 Å². The van der Waals surface area contributed by atoms with Gasteiger partial charge >= 0.3 is 0 Å². The molecule has 0 heterocycles. The average Bonchev–Trinajstić information content (AvgIpc) is 2.63. The van der Waals surface area contributed by atoms with Crippen LogP contribution in [0.2, 0.25) is 0 Å². The van der Waals surface area contributed by atoms with Gasteiger partial charge in [0.2, 0.25) is 11.8 Å². The first kappa shape index (κ1) is 22.7. The summed E-state index contributed by atoms with van der Waals surface area (Å²) in [5.41, 5.74) is 4.16. The SMILES string of the molecule is Cc1ccc(CCC(=O)N(Cc2cccc(C)c2)[C@@H](C)C(=O)NC(C)(C)C)cc1. The summed E-state index contributed by atoms with van der Waals surface area (Å²) in [5.74, 6) is -0.141. The van der Waals surface area contributed by atoms with E-state index in [1.165, 1.54) is 5.56 Å². The van der Waals surface area contributed by atoms with Gasteiger partial charge in [-0.2, -0.15) is 0 Å². The first-order valence-electron chi connectivity index (χ1n) is 10.3. The molecule has 4 heteroatoms. The number of nitrogens with zero attached hydrogens (tertiary/aromatic N) is 1. The smallest absolute Gasteiger partial charge is 0.242 e. The second-order valence-electron chi connectivity index (χ2n) is 8.91. The van der Waals surface area contributed by atoms with Gasteiger partial charge in [-0.05, 0) is 59.1 Å².